The van der Waals surface area contributed by atoms with E-state index in [1.54, 1.807) is 34.9 Å². The number of nitrogens with one attached hydrogen (secondary N) is 1. The summed E-state index contributed by atoms with van der Waals surface area (Å²) >= 11 is 1.65. The Morgan fingerprint density at radius 3 is 2.75 bits per heavy atom. The number of carbonyl (C=O) groups is 2. The molecule has 0 spiro atoms. The first-order valence-electron chi connectivity index (χ1n) is 9.11. The van der Waals surface area contributed by atoms with Crippen molar-refractivity contribution < 1.29 is 23.5 Å². The lowest BCUT2D eigenvalue weighted by molar-refractivity contribution is -0.150. The molecular formula is C20H22N2O5S. The highest BCUT2D eigenvalue weighted by Gasteiger charge is 2.42. The quantitative estimate of drug-likeness (QED) is 0.800. The highest BCUT2D eigenvalue weighted by atomic mass is 32.2. The van der Waals surface area contributed by atoms with Crippen LogP contribution in [0.3, 0.4) is 0 Å². The van der Waals surface area contributed by atoms with Gasteiger partial charge in [0.25, 0.3) is 0 Å². The number of rotatable bonds is 6. The van der Waals surface area contributed by atoms with E-state index in [0.717, 1.165) is 11.5 Å². The lowest BCUT2D eigenvalue weighted by Gasteiger charge is -2.38. The number of nitrogens with zero attached hydrogens (tertiary/aromatic N) is 1. The minimum atomic E-state index is -0.752. The number of aryl methyl sites for hydroxylation is 1. The molecule has 1 fully saturated rings. The van der Waals surface area contributed by atoms with Crippen molar-refractivity contribution in [3.8, 4) is 11.5 Å². The Balaban J connectivity index is 1.67. The summed E-state index contributed by atoms with van der Waals surface area (Å²) in [6, 6.07) is 7.74. The zero-order valence-electron chi connectivity index (χ0n) is 15.8. The predicted molar refractivity (Wildman–Crippen MR) is 104 cm³/mol. The van der Waals surface area contributed by atoms with E-state index in [4.69, 9.17) is 13.9 Å². The molecule has 8 heteroatoms. The van der Waals surface area contributed by atoms with Crippen LogP contribution in [0, 0.1) is 6.92 Å². The van der Waals surface area contributed by atoms with Crippen molar-refractivity contribution >= 4 is 23.6 Å². The summed E-state index contributed by atoms with van der Waals surface area (Å²) in [7, 11) is 0. The fourth-order valence-corrected chi connectivity index (χ4v) is 4.01. The molecule has 2 amide bonds. The first-order valence-corrected chi connectivity index (χ1v) is 10.5. The van der Waals surface area contributed by atoms with Gasteiger partial charge in [-0.25, -0.2) is 0 Å². The van der Waals surface area contributed by atoms with Gasteiger partial charge in [0.15, 0.2) is 11.5 Å². The molecule has 7 nitrogen and oxygen atoms in total. The Labute approximate surface area is 167 Å². The van der Waals surface area contributed by atoms with E-state index in [9.17, 15) is 9.59 Å². The summed E-state index contributed by atoms with van der Waals surface area (Å²) in [4.78, 5) is 27.8. The Hall–Kier alpha value is -2.61. The third kappa shape index (κ3) is 3.56. The number of amides is 2. The van der Waals surface area contributed by atoms with Crippen LogP contribution in [-0.4, -0.2) is 41.6 Å². The van der Waals surface area contributed by atoms with E-state index in [0.29, 0.717) is 29.2 Å². The van der Waals surface area contributed by atoms with Gasteiger partial charge in [0.05, 0.1) is 6.54 Å². The van der Waals surface area contributed by atoms with E-state index < -0.39 is 12.1 Å². The molecule has 1 aromatic heterocycles. The minimum Gasteiger partial charge on any atom is -0.464 e. The van der Waals surface area contributed by atoms with Gasteiger partial charge >= 0.3 is 0 Å². The average molecular weight is 402 g/mol. The third-order valence-electron chi connectivity index (χ3n) is 4.90. The number of carbonyl (C=O) groups excluding carboxylic acids is 2. The van der Waals surface area contributed by atoms with E-state index in [-0.39, 0.29) is 25.2 Å². The molecule has 2 atom stereocenters. The molecule has 0 radical (unpaired) electrons. The third-order valence-corrected chi connectivity index (χ3v) is 5.55. The molecule has 148 valence electrons. The minimum absolute atomic E-state index is 0.106. The molecule has 4 rings (SSSR count). The summed E-state index contributed by atoms with van der Waals surface area (Å²) in [5.41, 5.74) is 0.682. The number of benzene rings is 1. The largest absolute Gasteiger partial charge is 0.464 e. The molecule has 2 aromatic rings. The van der Waals surface area contributed by atoms with Crippen molar-refractivity contribution in [3.63, 3.8) is 0 Å². The first kappa shape index (κ1) is 18.7. The second-order valence-corrected chi connectivity index (χ2v) is 7.82. The fraction of sp³-hybridized carbons (Fsp3) is 0.400. The van der Waals surface area contributed by atoms with Gasteiger partial charge < -0.3 is 24.1 Å². The highest BCUT2D eigenvalue weighted by molar-refractivity contribution is 7.98. The summed E-state index contributed by atoms with van der Waals surface area (Å²) in [6.45, 7) is 2.24. The van der Waals surface area contributed by atoms with Crippen LogP contribution in [0.5, 0.6) is 11.5 Å². The standard InChI is InChI=1S/C20H22N2O5S/c1-12-3-5-14(27-12)10-22-18(13-4-6-16-17(9-13)26-11-25-16)19(23)21-15(20(22)24)7-8-28-2/h3-6,9,15,18H,7-8,10-11H2,1-2H3,(H,21,23). The van der Waals surface area contributed by atoms with Crippen molar-refractivity contribution in [2.45, 2.75) is 32.0 Å². The van der Waals surface area contributed by atoms with E-state index >= 15 is 0 Å². The molecular weight excluding hydrogens is 380 g/mol. The zero-order chi connectivity index (χ0) is 19.7. The molecule has 3 heterocycles. The zero-order valence-corrected chi connectivity index (χ0v) is 16.6. The topological polar surface area (TPSA) is 81.0 Å². The molecule has 2 aliphatic heterocycles. The van der Waals surface area contributed by atoms with Crippen LogP contribution in [0.1, 0.15) is 29.5 Å². The number of hydrogen-bond donors (Lipinski definition) is 1. The van der Waals surface area contributed by atoms with Crippen LogP contribution in [0.25, 0.3) is 0 Å². The number of furan rings is 1. The SMILES string of the molecule is CSCCC1NC(=O)C(c2ccc3c(c2)OCO3)N(Cc2ccc(C)o2)C1=O. The monoisotopic (exact) mass is 402 g/mol. The molecule has 1 aromatic carbocycles. The molecule has 1 saturated heterocycles. The predicted octanol–water partition coefficient (Wildman–Crippen LogP) is 2.64. The van der Waals surface area contributed by atoms with E-state index in [2.05, 4.69) is 5.32 Å². The van der Waals surface area contributed by atoms with Crippen molar-refractivity contribution in [3.05, 3.63) is 47.4 Å². The van der Waals surface area contributed by atoms with Gasteiger partial charge in [-0.3, -0.25) is 9.59 Å². The van der Waals surface area contributed by atoms with Gasteiger partial charge in [0, 0.05) is 0 Å². The molecule has 0 saturated carbocycles. The lowest BCUT2D eigenvalue weighted by atomic mass is 9.98. The number of thioether (sulfide) groups is 1. The van der Waals surface area contributed by atoms with Crippen LogP contribution in [-0.2, 0) is 16.1 Å². The van der Waals surface area contributed by atoms with Crippen molar-refractivity contribution in [1.82, 2.24) is 10.2 Å². The van der Waals surface area contributed by atoms with Crippen LogP contribution < -0.4 is 14.8 Å². The van der Waals surface area contributed by atoms with Crippen LogP contribution in [0.4, 0.5) is 0 Å². The van der Waals surface area contributed by atoms with Gasteiger partial charge in [-0.1, -0.05) is 6.07 Å². The number of piperazine rings is 1. The molecule has 2 aliphatic rings. The fourth-order valence-electron chi connectivity index (χ4n) is 3.53. The van der Waals surface area contributed by atoms with Crippen LogP contribution >= 0.6 is 11.8 Å². The maximum Gasteiger partial charge on any atom is 0.248 e. The van der Waals surface area contributed by atoms with Gasteiger partial charge in [0.2, 0.25) is 18.6 Å². The number of fused-ring (bicyclic) bond motifs is 1. The van der Waals surface area contributed by atoms with Crippen molar-refractivity contribution in [1.29, 1.82) is 0 Å². The van der Waals surface area contributed by atoms with Crippen LogP contribution in [0.2, 0.25) is 0 Å². The van der Waals surface area contributed by atoms with Gasteiger partial charge in [0.1, 0.15) is 23.6 Å². The summed E-state index contributed by atoms with van der Waals surface area (Å²) in [6.07, 6.45) is 2.57. The Bertz CT molecular complexity index is 896. The van der Waals surface area contributed by atoms with E-state index in [1.807, 2.05) is 25.3 Å². The maximum absolute atomic E-state index is 13.2. The average Bonchev–Trinajstić information content (AvgIpc) is 3.31. The van der Waals surface area contributed by atoms with Crippen molar-refractivity contribution in [2.24, 2.45) is 0 Å². The second-order valence-electron chi connectivity index (χ2n) is 6.84. The number of hydrogen-bond acceptors (Lipinski definition) is 6. The Morgan fingerprint density at radius 1 is 1.18 bits per heavy atom. The van der Waals surface area contributed by atoms with Gasteiger partial charge in [-0.2, -0.15) is 11.8 Å². The van der Waals surface area contributed by atoms with E-state index in [1.165, 1.54) is 0 Å². The Morgan fingerprint density at radius 2 is 2.00 bits per heavy atom. The second kappa shape index (κ2) is 7.79. The molecule has 1 N–H and O–H groups in total. The molecule has 0 aliphatic carbocycles. The Kier molecular flexibility index (Phi) is 5.21. The maximum atomic E-state index is 13.2. The summed E-state index contributed by atoms with van der Waals surface area (Å²) in [5.74, 6) is 3.11. The summed E-state index contributed by atoms with van der Waals surface area (Å²) in [5, 5.41) is 2.89. The first-order chi connectivity index (χ1) is 13.6. The van der Waals surface area contributed by atoms with Gasteiger partial charge in [-0.15, -0.1) is 0 Å². The molecule has 2 unspecified atom stereocenters. The molecule has 0 bridgehead atoms. The molecule has 28 heavy (non-hydrogen) atoms. The van der Waals surface area contributed by atoms with Crippen molar-refractivity contribution in [2.75, 3.05) is 18.8 Å². The van der Waals surface area contributed by atoms with Crippen LogP contribution in [0.15, 0.2) is 34.7 Å². The normalized spacial score (nSPS) is 21.1. The smallest absolute Gasteiger partial charge is 0.248 e. The highest BCUT2D eigenvalue weighted by Crippen LogP contribution is 2.37. The number of ether oxygens (including phenoxy) is 2. The lowest BCUT2D eigenvalue weighted by Crippen LogP contribution is -2.59. The summed E-state index contributed by atoms with van der Waals surface area (Å²) < 4.78 is 16.5. The van der Waals surface area contributed by atoms with Gasteiger partial charge in [-0.05, 0) is 55.2 Å².